The molecule has 2 N–H and O–H groups in total. The number of ether oxygens (including phenoxy) is 2. The SMILES string of the molecule is COC(=O)C(C)c1ccc(N)c(Oc2ccccc2)c1. The molecule has 0 amide bonds. The maximum absolute atomic E-state index is 11.6. The Hall–Kier alpha value is -2.49. The van der Waals surface area contributed by atoms with Crippen molar-refractivity contribution in [2.24, 2.45) is 0 Å². The number of hydrogen-bond acceptors (Lipinski definition) is 4. The third-order valence-corrected chi connectivity index (χ3v) is 3.06. The van der Waals surface area contributed by atoms with Crippen molar-refractivity contribution in [2.75, 3.05) is 12.8 Å². The van der Waals surface area contributed by atoms with Crippen molar-refractivity contribution in [1.29, 1.82) is 0 Å². The summed E-state index contributed by atoms with van der Waals surface area (Å²) in [4.78, 5) is 11.6. The van der Waals surface area contributed by atoms with Crippen LogP contribution in [0.4, 0.5) is 5.69 Å². The van der Waals surface area contributed by atoms with Crippen molar-refractivity contribution in [1.82, 2.24) is 0 Å². The average molecular weight is 271 g/mol. The maximum atomic E-state index is 11.6. The summed E-state index contributed by atoms with van der Waals surface area (Å²) in [6.45, 7) is 1.78. The van der Waals surface area contributed by atoms with E-state index in [0.717, 1.165) is 5.56 Å². The van der Waals surface area contributed by atoms with Gasteiger partial charge in [0.05, 0.1) is 18.7 Å². The molecule has 2 aromatic rings. The number of anilines is 1. The number of hydrogen-bond donors (Lipinski definition) is 1. The van der Waals surface area contributed by atoms with Gasteiger partial charge < -0.3 is 15.2 Å². The van der Waals surface area contributed by atoms with Crippen LogP contribution < -0.4 is 10.5 Å². The summed E-state index contributed by atoms with van der Waals surface area (Å²) < 4.78 is 10.5. The normalized spacial score (nSPS) is 11.7. The Bertz CT molecular complexity index is 596. The minimum atomic E-state index is -0.362. The number of nitrogen functional groups attached to an aromatic ring is 1. The molecule has 2 rings (SSSR count). The zero-order valence-electron chi connectivity index (χ0n) is 11.5. The Kier molecular flexibility index (Phi) is 4.25. The van der Waals surface area contributed by atoms with Gasteiger partial charge in [-0.1, -0.05) is 24.3 Å². The fourth-order valence-corrected chi connectivity index (χ4v) is 1.84. The molecule has 0 aliphatic carbocycles. The molecule has 0 fully saturated rings. The summed E-state index contributed by atoms with van der Waals surface area (Å²) in [6, 6.07) is 14.7. The second-order valence-corrected chi connectivity index (χ2v) is 4.46. The molecular formula is C16H17NO3. The van der Waals surface area contributed by atoms with Crippen LogP contribution in [-0.2, 0) is 9.53 Å². The lowest BCUT2D eigenvalue weighted by molar-refractivity contribution is -0.141. The third-order valence-electron chi connectivity index (χ3n) is 3.06. The number of rotatable bonds is 4. The molecule has 0 bridgehead atoms. The largest absolute Gasteiger partial charge is 0.469 e. The molecule has 1 atom stereocenters. The number of nitrogens with two attached hydrogens (primary N) is 1. The van der Waals surface area contributed by atoms with Gasteiger partial charge in [0.25, 0.3) is 0 Å². The molecule has 4 heteroatoms. The van der Waals surface area contributed by atoms with Gasteiger partial charge in [-0.05, 0) is 36.8 Å². The smallest absolute Gasteiger partial charge is 0.312 e. The Labute approximate surface area is 118 Å². The molecule has 0 aromatic heterocycles. The number of esters is 1. The maximum Gasteiger partial charge on any atom is 0.312 e. The summed E-state index contributed by atoms with van der Waals surface area (Å²) in [5.74, 6) is 0.575. The fraction of sp³-hybridized carbons (Fsp3) is 0.188. The highest BCUT2D eigenvalue weighted by atomic mass is 16.5. The van der Waals surface area contributed by atoms with Crippen LogP contribution in [0.25, 0.3) is 0 Å². The average Bonchev–Trinajstić information content (AvgIpc) is 2.49. The Morgan fingerprint density at radius 1 is 1.15 bits per heavy atom. The number of para-hydroxylation sites is 1. The first-order valence-corrected chi connectivity index (χ1v) is 6.32. The summed E-state index contributed by atoms with van der Waals surface area (Å²) in [7, 11) is 1.37. The minimum absolute atomic E-state index is 0.291. The van der Waals surface area contributed by atoms with E-state index in [9.17, 15) is 4.79 Å². The number of carbonyl (C=O) groups excluding carboxylic acids is 1. The van der Waals surface area contributed by atoms with Crippen LogP contribution >= 0.6 is 0 Å². The molecule has 1 unspecified atom stereocenters. The highest BCUT2D eigenvalue weighted by Crippen LogP contribution is 2.31. The molecule has 0 heterocycles. The van der Waals surface area contributed by atoms with Crippen molar-refractivity contribution in [3.05, 3.63) is 54.1 Å². The molecule has 0 aliphatic rings. The van der Waals surface area contributed by atoms with Gasteiger partial charge in [-0.3, -0.25) is 4.79 Å². The lowest BCUT2D eigenvalue weighted by Gasteiger charge is -2.13. The van der Waals surface area contributed by atoms with Crippen LogP contribution in [0.2, 0.25) is 0 Å². The zero-order chi connectivity index (χ0) is 14.5. The van der Waals surface area contributed by atoms with Gasteiger partial charge in [-0.25, -0.2) is 0 Å². The van der Waals surface area contributed by atoms with E-state index < -0.39 is 0 Å². The van der Waals surface area contributed by atoms with Gasteiger partial charge in [0, 0.05) is 0 Å². The van der Waals surface area contributed by atoms with Crippen molar-refractivity contribution in [3.63, 3.8) is 0 Å². The number of carbonyl (C=O) groups is 1. The van der Waals surface area contributed by atoms with Crippen molar-refractivity contribution < 1.29 is 14.3 Å². The Morgan fingerprint density at radius 2 is 1.85 bits per heavy atom. The van der Waals surface area contributed by atoms with E-state index in [1.807, 2.05) is 30.3 Å². The monoisotopic (exact) mass is 271 g/mol. The van der Waals surface area contributed by atoms with E-state index in [1.165, 1.54) is 7.11 Å². The molecule has 0 spiro atoms. The Balaban J connectivity index is 2.27. The van der Waals surface area contributed by atoms with E-state index in [4.69, 9.17) is 15.2 Å². The molecule has 20 heavy (non-hydrogen) atoms. The fourth-order valence-electron chi connectivity index (χ4n) is 1.84. The lowest BCUT2D eigenvalue weighted by atomic mass is 10.0. The molecule has 0 saturated heterocycles. The second-order valence-electron chi connectivity index (χ2n) is 4.46. The number of benzene rings is 2. The van der Waals surface area contributed by atoms with Crippen LogP contribution in [0.3, 0.4) is 0 Å². The highest BCUT2D eigenvalue weighted by molar-refractivity contribution is 5.78. The first-order chi connectivity index (χ1) is 9.61. The second kappa shape index (κ2) is 6.10. The highest BCUT2D eigenvalue weighted by Gasteiger charge is 2.17. The van der Waals surface area contributed by atoms with Crippen LogP contribution in [-0.4, -0.2) is 13.1 Å². The summed E-state index contributed by atoms with van der Waals surface area (Å²) >= 11 is 0. The van der Waals surface area contributed by atoms with Crippen molar-refractivity contribution in [2.45, 2.75) is 12.8 Å². The van der Waals surface area contributed by atoms with Gasteiger partial charge in [-0.2, -0.15) is 0 Å². The summed E-state index contributed by atoms with van der Waals surface area (Å²) in [6.07, 6.45) is 0. The minimum Gasteiger partial charge on any atom is -0.469 e. The Morgan fingerprint density at radius 3 is 2.50 bits per heavy atom. The van der Waals surface area contributed by atoms with Crippen LogP contribution in [0.5, 0.6) is 11.5 Å². The van der Waals surface area contributed by atoms with Gasteiger partial charge >= 0.3 is 5.97 Å². The van der Waals surface area contributed by atoms with Crippen molar-refractivity contribution in [3.8, 4) is 11.5 Å². The molecule has 2 aromatic carbocycles. The van der Waals surface area contributed by atoms with E-state index in [1.54, 1.807) is 25.1 Å². The van der Waals surface area contributed by atoms with E-state index in [0.29, 0.717) is 17.2 Å². The molecule has 0 saturated carbocycles. The van der Waals surface area contributed by atoms with Crippen LogP contribution in [0.15, 0.2) is 48.5 Å². The predicted octanol–water partition coefficient (Wildman–Crippen LogP) is 3.34. The summed E-state index contributed by atoms with van der Waals surface area (Å²) in [5, 5.41) is 0. The topological polar surface area (TPSA) is 61.5 Å². The molecule has 104 valence electrons. The summed E-state index contributed by atoms with van der Waals surface area (Å²) in [5.41, 5.74) is 7.23. The zero-order valence-corrected chi connectivity index (χ0v) is 11.5. The standard InChI is InChI=1S/C16H17NO3/c1-11(16(18)19-2)12-8-9-14(17)15(10-12)20-13-6-4-3-5-7-13/h3-11H,17H2,1-2H3. The molecular weight excluding hydrogens is 254 g/mol. The first-order valence-electron chi connectivity index (χ1n) is 6.32. The quantitative estimate of drug-likeness (QED) is 0.684. The van der Waals surface area contributed by atoms with E-state index >= 15 is 0 Å². The first kappa shape index (κ1) is 13.9. The van der Waals surface area contributed by atoms with Gasteiger partial charge in [-0.15, -0.1) is 0 Å². The van der Waals surface area contributed by atoms with E-state index in [-0.39, 0.29) is 11.9 Å². The molecule has 0 aliphatic heterocycles. The lowest BCUT2D eigenvalue weighted by Crippen LogP contribution is -2.11. The van der Waals surface area contributed by atoms with Crippen LogP contribution in [0, 0.1) is 0 Å². The molecule has 0 radical (unpaired) electrons. The van der Waals surface area contributed by atoms with Crippen LogP contribution in [0.1, 0.15) is 18.4 Å². The van der Waals surface area contributed by atoms with Gasteiger partial charge in [0.1, 0.15) is 5.75 Å². The molecule has 4 nitrogen and oxygen atoms in total. The van der Waals surface area contributed by atoms with E-state index in [2.05, 4.69) is 0 Å². The van der Waals surface area contributed by atoms with Crippen molar-refractivity contribution >= 4 is 11.7 Å². The van der Waals surface area contributed by atoms with Gasteiger partial charge in [0.2, 0.25) is 0 Å². The predicted molar refractivity (Wildman–Crippen MR) is 77.8 cm³/mol. The third kappa shape index (κ3) is 3.09. The number of methoxy groups -OCH3 is 1. The van der Waals surface area contributed by atoms with Gasteiger partial charge in [0.15, 0.2) is 5.75 Å².